The van der Waals surface area contributed by atoms with E-state index in [1.807, 2.05) is 20.8 Å². The summed E-state index contributed by atoms with van der Waals surface area (Å²) in [6, 6.07) is -0.00736. The van der Waals surface area contributed by atoms with Gasteiger partial charge >= 0.3 is 5.97 Å². The molecule has 0 aromatic rings. The number of rotatable bonds is 5. The van der Waals surface area contributed by atoms with E-state index in [-0.39, 0.29) is 12.0 Å². The highest BCUT2D eigenvalue weighted by Gasteiger charge is 2.26. The van der Waals surface area contributed by atoms with Crippen molar-refractivity contribution >= 4 is 5.97 Å². The Labute approximate surface area is 85.6 Å². The zero-order valence-corrected chi connectivity index (χ0v) is 9.63. The molecule has 0 aliphatic heterocycles. The normalized spacial score (nSPS) is 16.1. The lowest BCUT2D eigenvalue weighted by atomic mass is 9.97. The summed E-state index contributed by atoms with van der Waals surface area (Å²) in [5.74, 6) is -0.244. The van der Waals surface area contributed by atoms with Crippen LogP contribution in [0, 0.1) is 0 Å². The van der Waals surface area contributed by atoms with Crippen molar-refractivity contribution in [3.05, 3.63) is 0 Å². The zero-order valence-electron chi connectivity index (χ0n) is 9.63. The van der Waals surface area contributed by atoms with E-state index >= 15 is 0 Å². The van der Waals surface area contributed by atoms with Crippen LogP contribution in [0.25, 0.3) is 0 Å². The van der Waals surface area contributed by atoms with Gasteiger partial charge in [0, 0.05) is 11.6 Å². The average molecular weight is 203 g/mol. The van der Waals surface area contributed by atoms with E-state index in [2.05, 4.69) is 10.1 Å². The monoisotopic (exact) mass is 203 g/mol. The molecule has 84 valence electrons. The first-order chi connectivity index (χ1) is 6.29. The second kappa shape index (κ2) is 5.32. The Morgan fingerprint density at radius 2 is 2.00 bits per heavy atom. The lowest BCUT2D eigenvalue weighted by molar-refractivity contribution is -0.141. The van der Waals surface area contributed by atoms with Gasteiger partial charge in [0.2, 0.25) is 0 Å². The Balaban J connectivity index is 4.05. The Hall–Kier alpha value is -0.610. The van der Waals surface area contributed by atoms with E-state index < -0.39 is 11.6 Å². The maximum atomic E-state index is 11.0. The number of hydrogen-bond donors (Lipinski definition) is 2. The van der Waals surface area contributed by atoms with Crippen LogP contribution in [0.3, 0.4) is 0 Å². The van der Waals surface area contributed by atoms with Gasteiger partial charge < -0.3 is 15.2 Å². The molecule has 14 heavy (non-hydrogen) atoms. The second-order valence-corrected chi connectivity index (χ2v) is 4.22. The third-order valence-electron chi connectivity index (χ3n) is 2.36. The van der Waals surface area contributed by atoms with Gasteiger partial charge in [0.25, 0.3) is 0 Å². The van der Waals surface area contributed by atoms with E-state index in [9.17, 15) is 9.90 Å². The lowest BCUT2D eigenvalue weighted by Crippen LogP contribution is -2.52. The number of esters is 1. The molecule has 0 rings (SSSR count). The van der Waals surface area contributed by atoms with Crippen LogP contribution in [0.15, 0.2) is 0 Å². The highest BCUT2D eigenvalue weighted by Crippen LogP contribution is 2.10. The lowest BCUT2D eigenvalue weighted by Gasteiger charge is -2.32. The van der Waals surface area contributed by atoms with Crippen LogP contribution in [0.4, 0.5) is 0 Å². The first-order valence-electron chi connectivity index (χ1n) is 4.82. The van der Waals surface area contributed by atoms with Crippen LogP contribution in [0.2, 0.25) is 0 Å². The van der Waals surface area contributed by atoms with Crippen molar-refractivity contribution in [2.45, 2.75) is 51.8 Å². The fourth-order valence-corrected chi connectivity index (χ4v) is 1.14. The molecule has 0 aromatic heterocycles. The van der Waals surface area contributed by atoms with Crippen LogP contribution < -0.4 is 5.32 Å². The van der Waals surface area contributed by atoms with Crippen LogP contribution in [-0.2, 0) is 9.53 Å². The minimum atomic E-state index is -0.470. The van der Waals surface area contributed by atoms with Gasteiger partial charge in [-0.2, -0.15) is 0 Å². The first kappa shape index (κ1) is 13.4. The summed E-state index contributed by atoms with van der Waals surface area (Å²) < 4.78 is 4.55. The predicted molar refractivity (Wildman–Crippen MR) is 55.0 cm³/mol. The third-order valence-corrected chi connectivity index (χ3v) is 2.36. The molecule has 4 heteroatoms. The van der Waals surface area contributed by atoms with Gasteiger partial charge in [-0.1, -0.05) is 0 Å². The Bertz CT molecular complexity index is 190. The summed E-state index contributed by atoms with van der Waals surface area (Å²) in [6.07, 6.45) is -0.158. The van der Waals surface area contributed by atoms with Gasteiger partial charge in [-0.3, -0.25) is 4.79 Å². The molecule has 0 spiro atoms. The van der Waals surface area contributed by atoms with E-state index in [1.54, 1.807) is 6.92 Å². The topological polar surface area (TPSA) is 58.6 Å². The summed E-state index contributed by atoms with van der Waals surface area (Å²) in [7, 11) is 1.37. The van der Waals surface area contributed by atoms with E-state index in [0.29, 0.717) is 6.42 Å². The molecule has 0 heterocycles. The average Bonchev–Trinajstić information content (AvgIpc) is 2.02. The molecule has 4 nitrogen and oxygen atoms in total. The van der Waals surface area contributed by atoms with Crippen molar-refractivity contribution < 1.29 is 14.6 Å². The summed E-state index contributed by atoms with van der Waals surface area (Å²) >= 11 is 0. The summed E-state index contributed by atoms with van der Waals surface area (Å²) in [5, 5.41) is 12.6. The number of ether oxygens (including phenoxy) is 1. The van der Waals surface area contributed by atoms with Gasteiger partial charge in [0.1, 0.15) is 0 Å². The molecule has 2 unspecified atom stereocenters. The van der Waals surface area contributed by atoms with Crippen LogP contribution in [-0.4, -0.2) is 35.9 Å². The van der Waals surface area contributed by atoms with Crippen molar-refractivity contribution in [2.75, 3.05) is 7.11 Å². The first-order valence-corrected chi connectivity index (χ1v) is 4.82. The number of carbonyl (C=O) groups is 1. The molecule has 0 bridgehead atoms. The van der Waals surface area contributed by atoms with E-state index in [4.69, 9.17) is 0 Å². The Kier molecular flexibility index (Phi) is 5.08. The number of aliphatic hydroxyl groups excluding tert-OH is 1. The van der Waals surface area contributed by atoms with Gasteiger partial charge in [-0.05, 0) is 27.7 Å². The Morgan fingerprint density at radius 3 is 2.36 bits per heavy atom. The fraction of sp³-hybridized carbons (Fsp3) is 0.900. The smallest absolute Gasteiger partial charge is 0.307 e. The van der Waals surface area contributed by atoms with E-state index in [0.717, 1.165) is 0 Å². The molecule has 2 N–H and O–H groups in total. The maximum Gasteiger partial charge on any atom is 0.307 e. The third kappa shape index (κ3) is 4.58. The predicted octanol–water partition coefficient (Wildman–Crippen LogP) is 0.687. The minimum absolute atomic E-state index is 0.00736. The quantitative estimate of drug-likeness (QED) is 0.645. The number of carbonyl (C=O) groups excluding carboxylic acids is 1. The molecule has 0 fully saturated rings. The summed E-state index contributed by atoms with van der Waals surface area (Å²) in [5.41, 5.74) is -0.395. The van der Waals surface area contributed by atoms with Gasteiger partial charge in [0.05, 0.1) is 19.6 Å². The number of hydrogen-bond acceptors (Lipinski definition) is 4. The van der Waals surface area contributed by atoms with Gasteiger partial charge in [-0.25, -0.2) is 0 Å². The highest BCUT2D eigenvalue weighted by atomic mass is 16.5. The molecule has 0 saturated carbocycles. The molecule has 0 amide bonds. The fourth-order valence-electron chi connectivity index (χ4n) is 1.14. The molecule has 0 saturated heterocycles. The molecule has 0 aliphatic rings. The minimum Gasteiger partial charge on any atom is -0.469 e. The van der Waals surface area contributed by atoms with Crippen molar-refractivity contribution in [2.24, 2.45) is 0 Å². The second-order valence-electron chi connectivity index (χ2n) is 4.22. The SMILES string of the molecule is COC(=O)CC(C)NC(C)(C)C(C)O. The van der Waals surface area contributed by atoms with Crippen LogP contribution >= 0.6 is 0 Å². The van der Waals surface area contributed by atoms with Crippen LogP contribution in [0.1, 0.15) is 34.1 Å². The van der Waals surface area contributed by atoms with Crippen molar-refractivity contribution in [3.63, 3.8) is 0 Å². The molecular weight excluding hydrogens is 182 g/mol. The highest BCUT2D eigenvalue weighted by molar-refractivity contribution is 5.69. The van der Waals surface area contributed by atoms with Gasteiger partial charge in [0.15, 0.2) is 0 Å². The molecule has 2 atom stereocenters. The van der Waals surface area contributed by atoms with Gasteiger partial charge in [-0.15, -0.1) is 0 Å². The summed E-state index contributed by atoms with van der Waals surface area (Å²) in [4.78, 5) is 11.0. The van der Waals surface area contributed by atoms with Crippen molar-refractivity contribution in [1.29, 1.82) is 0 Å². The van der Waals surface area contributed by atoms with Crippen molar-refractivity contribution in [3.8, 4) is 0 Å². The standard InChI is InChI=1S/C10H21NO3/c1-7(6-9(13)14-5)11-10(3,4)8(2)12/h7-8,11-12H,6H2,1-5H3. The number of nitrogens with one attached hydrogen (secondary N) is 1. The summed E-state index contributed by atoms with van der Waals surface area (Å²) in [6.45, 7) is 7.40. The van der Waals surface area contributed by atoms with E-state index in [1.165, 1.54) is 7.11 Å². The maximum absolute atomic E-state index is 11.0. The molecule has 0 aromatic carbocycles. The number of methoxy groups -OCH3 is 1. The molecule has 0 radical (unpaired) electrons. The van der Waals surface area contributed by atoms with Crippen LogP contribution in [0.5, 0.6) is 0 Å². The number of aliphatic hydroxyl groups is 1. The Morgan fingerprint density at radius 1 is 1.50 bits per heavy atom. The molecule has 0 aliphatic carbocycles. The largest absolute Gasteiger partial charge is 0.469 e. The zero-order chi connectivity index (χ0) is 11.4. The van der Waals surface area contributed by atoms with Crippen molar-refractivity contribution in [1.82, 2.24) is 5.32 Å². The molecular formula is C10H21NO3.